The van der Waals surface area contributed by atoms with E-state index in [-0.39, 0.29) is 16.9 Å². The predicted molar refractivity (Wildman–Crippen MR) is 72.4 cm³/mol. The van der Waals surface area contributed by atoms with Gasteiger partial charge in [0.1, 0.15) is 29.3 Å². The molecule has 2 rings (SSSR count). The number of pyridine rings is 1. The maximum atomic E-state index is 12.2. The number of nitriles is 2. The number of aromatic nitrogens is 1. The van der Waals surface area contributed by atoms with E-state index in [9.17, 15) is 4.79 Å². The SMILES string of the molecule is COc1cccc(-n2c(N)c(C#N)cc(C#N)c2=O)c1. The van der Waals surface area contributed by atoms with E-state index < -0.39 is 5.56 Å². The summed E-state index contributed by atoms with van der Waals surface area (Å²) in [4.78, 5) is 12.2. The summed E-state index contributed by atoms with van der Waals surface area (Å²) < 4.78 is 6.21. The number of anilines is 1. The number of nitrogens with two attached hydrogens (primary N) is 1. The molecule has 98 valence electrons. The van der Waals surface area contributed by atoms with Gasteiger partial charge in [-0.1, -0.05) is 6.07 Å². The molecule has 0 bridgehead atoms. The summed E-state index contributed by atoms with van der Waals surface area (Å²) in [6.07, 6.45) is 0. The van der Waals surface area contributed by atoms with Crippen LogP contribution in [0.5, 0.6) is 5.75 Å². The molecule has 0 radical (unpaired) electrons. The zero-order valence-corrected chi connectivity index (χ0v) is 10.6. The summed E-state index contributed by atoms with van der Waals surface area (Å²) in [5.74, 6) is 0.527. The lowest BCUT2D eigenvalue weighted by molar-refractivity contribution is 0.414. The number of hydrogen-bond acceptors (Lipinski definition) is 5. The average molecular weight is 266 g/mol. The summed E-state index contributed by atoms with van der Waals surface area (Å²) in [7, 11) is 1.50. The Morgan fingerprint density at radius 3 is 2.50 bits per heavy atom. The summed E-state index contributed by atoms with van der Waals surface area (Å²) in [5.41, 5.74) is 5.62. The molecule has 1 heterocycles. The molecule has 1 aromatic carbocycles. The Kier molecular flexibility index (Phi) is 3.41. The van der Waals surface area contributed by atoms with E-state index in [0.717, 1.165) is 4.57 Å². The Balaban J connectivity index is 2.83. The topological polar surface area (TPSA) is 105 Å². The van der Waals surface area contributed by atoms with Gasteiger partial charge in [0, 0.05) is 6.07 Å². The van der Waals surface area contributed by atoms with E-state index in [1.54, 1.807) is 30.3 Å². The van der Waals surface area contributed by atoms with Crippen LogP contribution < -0.4 is 16.0 Å². The number of nitrogens with zero attached hydrogens (tertiary/aromatic N) is 3. The molecule has 0 unspecified atom stereocenters. The molecular weight excluding hydrogens is 256 g/mol. The van der Waals surface area contributed by atoms with Gasteiger partial charge in [0.05, 0.1) is 18.4 Å². The fourth-order valence-corrected chi connectivity index (χ4v) is 1.81. The third-order valence-electron chi connectivity index (χ3n) is 2.79. The Morgan fingerprint density at radius 2 is 1.90 bits per heavy atom. The number of methoxy groups -OCH3 is 1. The van der Waals surface area contributed by atoms with Gasteiger partial charge in [-0.15, -0.1) is 0 Å². The fourth-order valence-electron chi connectivity index (χ4n) is 1.81. The minimum Gasteiger partial charge on any atom is -0.497 e. The highest BCUT2D eigenvalue weighted by Gasteiger charge is 2.14. The standard InChI is InChI=1S/C14H10N4O2/c1-20-12-4-2-3-11(6-12)18-13(17)9(7-15)5-10(8-16)14(18)19/h2-6H,17H2,1H3. The van der Waals surface area contributed by atoms with Crippen molar-refractivity contribution in [3.8, 4) is 23.6 Å². The Morgan fingerprint density at radius 1 is 1.20 bits per heavy atom. The molecule has 0 saturated heterocycles. The highest BCUT2D eigenvalue weighted by Crippen LogP contribution is 2.19. The maximum absolute atomic E-state index is 12.2. The van der Waals surface area contributed by atoms with Crippen LogP contribution in [0, 0.1) is 22.7 Å². The van der Waals surface area contributed by atoms with Crippen molar-refractivity contribution in [2.75, 3.05) is 12.8 Å². The summed E-state index contributed by atoms with van der Waals surface area (Å²) in [6, 6.07) is 11.5. The minimum atomic E-state index is -0.572. The van der Waals surface area contributed by atoms with E-state index >= 15 is 0 Å². The van der Waals surface area contributed by atoms with Crippen LogP contribution in [0.3, 0.4) is 0 Å². The lowest BCUT2D eigenvalue weighted by Gasteiger charge is -2.12. The molecular formula is C14H10N4O2. The number of nitrogen functional groups attached to an aromatic ring is 1. The van der Waals surface area contributed by atoms with Gasteiger partial charge >= 0.3 is 0 Å². The lowest BCUT2D eigenvalue weighted by Crippen LogP contribution is -2.24. The molecule has 2 N–H and O–H groups in total. The van der Waals surface area contributed by atoms with Crippen molar-refractivity contribution >= 4 is 5.82 Å². The first-order valence-electron chi connectivity index (χ1n) is 5.62. The highest BCUT2D eigenvalue weighted by atomic mass is 16.5. The average Bonchev–Trinajstić information content (AvgIpc) is 2.48. The molecule has 0 fully saturated rings. The molecule has 0 aliphatic rings. The van der Waals surface area contributed by atoms with Crippen LogP contribution in [0.4, 0.5) is 5.82 Å². The monoisotopic (exact) mass is 266 g/mol. The Hall–Kier alpha value is -3.25. The second-order valence-electron chi connectivity index (χ2n) is 3.92. The molecule has 0 atom stereocenters. The van der Waals surface area contributed by atoms with Crippen LogP contribution in [-0.2, 0) is 0 Å². The van der Waals surface area contributed by atoms with E-state index in [2.05, 4.69) is 0 Å². The van der Waals surface area contributed by atoms with Gasteiger partial charge < -0.3 is 10.5 Å². The van der Waals surface area contributed by atoms with Gasteiger partial charge in [-0.3, -0.25) is 9.36 Å². The number of rotatable bonds is 2. The second-order valence-corrected chi connectivity index (χ2v) is 3.92. The van der Waals surface area contributed by atoms with Crippen LogP contribution in [0.25, 0.3) is 5.69 Å². The summed E-state index contributed by atoms with van der Waals surface area (Å²) >= 11 is 0. The molecule has 20 heavy (non-hydrogen) atoms. The van der Waals surface area contributed by atoms with Crippen LogP contribution in [-0.4, -0.2) is 11.7 Å². The van der Waals surface area contributed by atoms with Crippen molar-refractivity contribution in [2.45, 2.75) is 0 Å². The predicted octanol–water partition coefficient (Wildman–Crippen LogP) is 1.17. The van der Waals surface area contributed by atoms with E-state index in [1.807, 2.05) is 6.07 Å². The van der Waals surface area contributed by atoms with Crippen molar-refractivity contribution in [1.82, 2.24) is 4.57 Å². The zero-order valence-electron chi connectivity index (χ0n) is 10.6. The third-order valence-corrected chi connectivity index (χ3v) is 2.79. The molecule has 6 nitrogen and oxygen atoms in total. The van der Waals surface area contributed by atoms with E-state index in [1.165, 1.54) is 13.2 Å². The van der Waals surface area contributed by atoms with Crippen molar-refractivity contribution < 1.29 is 4.74 Å². The quantitative estimate of drug-likeness (QED) is 0.878. The molecule has 0 spiro atoms. The van der Waals surface area contributed by atoms with Gasteiger partial charge in [-0.05, 0) is 18.2 Å². The maximum Gasteiger partial charge on any atom is 0.274 e. The smallest absolute Gasteiger partial charge is 0.274 e. The lowest BCUT2D eigenvalue weighted by atomic mass is 10.2. The molecule has 1 aromatic heterocycles. The Labute approximate surface area is 114 Å². The highest BCUT2D eigenvalue weighted by molar-refractivity contribution is 5.57. The van der Waals surface area contributed by atoms with Crippen LogP contribution >= 0.6 is 0 Å². The van der Waals surface area contributed by atoms with Crippen molar-refractivity contribution in [3.63, 3.8) is 0 Å². The summed E-state index contributed by atoms with van der Waals surface area (Å²) in [5, 5.41) is 18.0. The minimum absolute atomic E-state index is 0.00949. The third kappa shape index (κ3) is 2.06. The first-order valence-corrected chi connectivity index (χ1v) is 5.62. The molecule has 0 aliphatic heterocycles. The first kappa shape index (κ1) is 13.2. The second kappa shape index (κ2) is 5.17. The van der Waals surface area contributed by atoms with E-state index in [4.69, 9.17) is 21.0 Å². The van der Waals surface area contributed by atoms with Gasteiger partial charge in [-0.25, -0.2) is 0 Å². The molecule has 0 aliphatic carbocycles. The van der Waals surface area contributed by atoms with Crippen molar-refractivity contribution in [1.29, 1.82) is 10.5 Å². The number of hydrogen-bond donors (Lipinski definition) is 1. The molecule has 6 heteroatoms. The largest absolute Gasteiger partial charge is 0.497 e. The van der Waals surface area contributed by atoms with Crippen LogP contribution in [0.2, 0.25) is 0 Å². The number of benzene rings is 1. The molecule has 0 saturated carbocycles. The summed E-state index contributed by atoms with van der Waals surface area (Å²) in [6.45, 7) is 0. The first-order chi connectivity index (χ1) is 9.62. The van der Waals surface area contributed by atoms with Gasteiger partial charge in [0.15, 0.2) is 0 Å². The fraction of sp³-hybridized carbons (Fsp3) is 0.0714. The van der Waals surface area contributed by atoms with Crippen LogP contribution in [0.1, 0.15) is 11.1 Å². The van der Waals surface area contributed by atoms with E-state index in [0.29, 0.717) is 11.4 Å². The van der Waals surface area contributed by atoms with Crippen LogP contribution in [0.15, 0.2) is 35.1 Å². The normalized spacial score (nSPS) is 9.55. The van der Waals surface area contributed by atoms with Gasteiger partial charge in [0.2, 0.25) is 0 Å². The number of ether oxygens (including phenoxy) is 1. The van der Waals surface area contributed by atoms with Crippen molar-refractivity contribution in [2.24, 2.45) is 0 Å². The van der Waals surface area contributed by atoms with Gasteiger partial charge in [0.25, 0.3) is 5.56 Å². The molecule has 2 aromatic rings. The van der Waals surface area contributed by atoms with Crippen molar-refractivity contribution in [3.05, 3.63) is 51.8 Å². The van der Waals surface area contributed by atoms with Gasteiger partial charge in [-0.2, -0.15) is 10.5 Å². The molecule has 0 amide bonds. The Bertz CT molecular complexity index is 809. The zero-order chi connectivity index (χ0) is 14.7.